The van der Waals surface area contributed by atoms with E-state index in [1.165, 1.54) is 7.11 Å². The molecule has 0 atom stereocenters. The Bertz CT molecular complexity index is 927. The van der Waals surface area contributed by atoms with Crippen LogP contribution in [0.5, 0.6) is 0 Å². The Labute approximate surface area is 150 Å². The molecule has 1 aliphatic heterocycles. The van der Waals surface area contributed by atoms with Crippen molar-refractivity contribution in [3.63, 3.8) is 0 Å². The summed E-state index contributed by atoms with van der Waals surface area (Å²) in [7, 11) is 1.20. The number of nitrogens with zero attached hydrogens (tertiary/aromatic N) is 2. The summed E-state index contributed by atoms with van der Waals surface area (Å²) in [4.78, 5) is 36.6. The van der Waals surface area contributed by atoms with Crippen molar-refractivity contribution in [3.05, 3.63) is 59.0 Å². The maximum Gasteiger partial charge on any atom is 0.329 e. The van der Waals surface area contributed by atoms with Crippen LogP contribution in [-0.4, -0.2) is 41.0 Å². The highest BCUT2D eigenvalue weighted by molar-refractivity contribution is 6.15. The molecule has 7 heteroatoms. The molecule has 2 aromatic rings. The van der Waals surface area contributed by atoms with Crippen molar-refractivity contribution in [2.24, 2.45) is 0 Å². The third kappa shape index (κ3) is 3.11. The summed E-state index contributed by atoms with van der Waals surface area (Å²) in [6.07, 6.45) is 3.49. The number of ether oxygens (including phenoxy) is 1. The number of benzene rings is 1. The monoisotopic (exact) mass is 353 g/mol. The minimum atomic E-state index is -0.659. The van der Waals surface area contributed by atoms with Gasteiger partial charge in [-0.15, -0.1) is 0 Å². The first-order chi connectivity index (χ1) is 12.4. The molecular weight excluding hydrogens is 334 g/mol. The van der Waals surface area contributed by atoms with Gasteiger partial charge in [0, 0.05) is 17.6 Å². The zero-order valence-corrected chi connectivity index (χ0v) is 14.8. The van der Waals surface area contributed by atoms with E-state index < -0.39 is 24.5 Å². The number of carbonyl (C=O) groups excluding carboxylic acids is 3. The Morgan fingerprint density at radius 3 is 2.69 bits per heavy atom. The molecule has 1 fully saturated rings. The van der Waals surface area contributed by atoms with Gasteiger partial charge in [-0.3, -0.25) is 9.59 Å². The van der Waals surface area contributed by atoms with Gasteiger partial charge >= 0.3 is 12.0 Å². The number of imide groups is 1. The van der Waals surface area contributed by atoms with Crippen LogP contribution in [0, 0.1) is 13.8 Å². The number of hydrogen-bond donors (Lipinski definition) is 1. The summed E-state index contributed by atoms with van der Waals surface area (Å²) < 4.78 is 6.46. The standard InChI is InChI=1S/C19H19N3O4/c1-12-6-4-8-16(13(12)2)21-9-5-7-14(21)10-15-18(24)22(19(25)20-15)11-17(23)26-3/h4-10H,11H2,1-3H3,(H,20,25)/b15-10+. The second-order valence-corrected chi connectivity index (χ2v) is 5.98. The molecule has 1 aromatic heterocycles. The summed E-state index contributed by atoms with van der Waals surface area (Å²) in [6, 6.07) is 9.06. The third-order valence-electron chi connectivity index (χ3n) is 4.39. The summed E-state index contributed by atoms with van der Waals surface area (Å²) in [5.74, 6) is -1.22. The molecule has 26 heavy (non-hydrogen) atoms. The van der Waals surface area contributed by atoms with Crippen LogP contribution < -0.4 is 5.32 Å². The molecule has 0 unspecified atom stereocenters. The van der Waals surface area contributed by atoms with Gasteiger partial charge in [-0.2, -0.15) is 0 Å². The Hall–Kier alpha value is -3.35. The molecule has 3 rings (SSSR count). The van der Waals surface area contributed by atoms with Gasteiger partial charge in [0.15, 0.2) is 0 Å². The first kappa shape index (κ1) is 17.5. The van der Waals surface area contributed by atoms with E-state index in [0.29, 0.717) is 0 Å². The molecule has 1 N–H and O–H groups in total. The lowest BCUT2D eigenvalue weighted by molar-refractivity contribution is -0.143. The molecule has 3 amide bonds. The van der Waals surface area contributed by atoms with Gasteiger partial charge in [-0.25, -0.2) is 9.69 Å². The van der Waals surface area contributed by atoms with Crippen LogP contribution in [0.2, 0.25) is 0 Å². The maximum absolute atomic E-state index is 12.4. The van der Waals surface area contributed by atoms with E-state index in [9.17, 15) is 14.4 Å². The molecule has 2 heterocycles. The van der Waals surface area contributed by atoms with Gasteiger partial charge in [-0.1, -0.05) is 12.1 Å². The number of aromatic nitrogens is 1. The van der Waals surface area contributed by atoms with Crippen LogP contribution in [-0.2, 0) is 14.3 Å². The topological polar surface area (TPSA) is 80.6 Å². The number of nitrogens with one attached hydrogen (secondary N) is 1. The highest BCUT2D eigenvalue weighted by atomic mass is 16.5. The van der Waals surface area contributed by atoms with Gasteiger partial charge in [0.1, 0.15) is 12.2 Å². The van der Waals surface area contributed by atoms with E-state index in [-0.39, 0.29) is 5.70 Å². The summed E-state index contributed by atoms with van der Waals surface area (Å²) in [6.45, 7) is 3.64. The fourth-order valence-electron chi connectivity index (χ4n) is 2.78. The lowest BCUT2D eigenvalue weighted by atomic mass is 10.1. The van der Waals surface area contributed by atoms with Crippen molar-refractivity contribution in [1.82, 2.24) is 14.8 Å². The number of amides is 3. The highest BCUT2D eigenvalue weighted by Gasteiger charge is 2.35. The van der Waals surface area contributed by atoms with Crippen molar-refractivity contribution in [3.8, 4) is 5.69 Å². The predicted molar refractivity (Wildman–Crippen MR) is 95.5 cm³/mol. The molecule has 7 nitrogen and oxygen atoms in total. The normalized spacial score (nSPS) is 15.5. The van der Waals surface area contributed by atoms with E-state index in [0.717, 1.165) is 27.4 Å². The average molecular weight is 353 g/mol. The number of urea groups is 1. The summed E-state index contributed by atoms with van der Waals surface area (Å²) in [5.41, 5.74) is 4.12. The van der Waals surface area contributed by atoms with E-state index in [4.69, 9.17) is 0 Å². The molecule has 0 bridgehead atoms. The fourth-order valence-corrected chi connectivity index (χ4v) is 2.78. The Balaban J connectivity index is 1.94. The van der Waals surface area contributed by atoms with Crippen LogP contribution in [0.1, 0.15) is 16.8 Å². The Morgan fingerprint density at radius 2 is 1.96 bits per heavy atom. The minimum Gasteiger partial charge on any atom is -0.468 e. The summed E-state index contributed by atoms with van der Waals surface area (Å²) in [5, 5.41) is 2.50. The number of carbonyl (C=O) groups is 3. The molecule has 0 saturated carbocycles. The second kappa shape index (κ2) is 6.87. The number of hydrogen-bond acceptors (Lipinski definition) is 4. The van der Waals surface area contributed by atoms with Crippen LogP contribution in [0.3, 0.4) is 0 Å². The maximum atomic E-state index is 12.4. The SMILES string of the molecule is COC(=O)CN1C(=O)N/C(=C/c2cccn2-c2cccc(C)c2C)C1=O. The Kier molecular flexibility index (Phi) is 4.62. The number of methoxy groups -OCH3 is 1. The molecular formula is C19H19N3O4. The molecule has 1 saturated heterocycles. The second-order valence-electron chi connectivity index (χ2n) is 5.98. The fraction of sp³-hybridized carbons (Fsp3) is 0.211. The van der Waals surface area contributed by atoms with Gasteiger partial charge < -0.3 is 14.6 Å². The van der Waals surface area contributed by atoms with Gasteiger partial charge in [0.05, 0.1) is 7.11 Å². The largest absolute Gasteiger partial charge is 0.468 e. The van der Waals surface area contributed by atoms with Crippen LogP contribution in [0.15, 0.2) is 42.2 Å². The first-order valence-electron chi connectivity index (χ1n) is 8.07. The van der Waals surface area contributed by atoms with Crippen LogP contribution in [0.4, 0.5) is 4.79 Å². The van der Waals surface area contributed by atoms with Crippen LogP contribution >= 0.6 is 0 Å². The van der Waals surface area contributed by atoms with E-state index in [1.54, 1.807) is 6.08 Å². The van der Waals surface area contributed by atoms with Crippen molar-refractivity contribution in [1.29, 1.82) is 0 Å². The minimum absolute atomic E-state index is 0.115. The predicted octanol–water partition coefficient (Wildman–Crippen LogP) is 2.16. The highest BCUT2D eigenvalue weighted by Crippen LogP contribution is 2.22. The number of esters is 1. The lowest BCUT2D eigenvalue weighted by Gasteiger charge is -2.12. The first-order valence-corrected chi connectivity index (χ1v) is 8.07. The summed E-state index contributed by atoms with van der Waals surface area (Å²) >= 11 is 0. The molecule has 1 aliphatic rings. The van der Waals surface area contributed by atoms with Gasteiger partial charge in [0.25, 0.3) is 5.91 Å². The molecule has 0 spiro atoms. The van der Waals surface area contributed by atoms with Gasteiger partial charge in [-0.05, 0) is 49.2 Å². The smallest absolute Gasteiger partial charge is 0.329 e. The van der Waals surface area contributed by atoms with Crippen LogP contribution in [0.25, 0.3) is 11.8 Å². The number of rotatable bonds is 4. The van der Waals surface area contributed by atoms with Crippen molar-refractivity contribution >= 4 is 24.0 Å². The third-order valence-corrected chi connectivity index (χ3v) is 4.39. The van der Waals surface area contributed by atoms with Gasteiger partial charge in [0.2, 0.25) is 0 Å². The molecule has 1 aromatic carbocycles. The average Bonchev–Trinajstić information content (AvgIpc) is 3.17. The molecule has 0 radical (unpaired) electrons. The lowest BCUT2D eigenvalue weighted by Crippen LogP contribution is -2.36. The number of aryl methyl sites for hydroxylation is 1. The quantitative estimate of drug-likeness (QED) is 0.519. The zero-order valence-electron chi connectivity index (χ0n) is 14.8. The van der Waals surface area contributed by atoms with Crippen molar-refractivity contribution < 1.29 is 19.1 Å². The molecule has 0 aliphatic carbocycles. The molecule has 134 valence electrons. The van der Waals surface area contributed by atoms with E-state index in [1.807, 2.05) is 54.9 Å². The zero-order chi connectivity index (χ0) is 18.8. The van der Waals surface area contributed by atoms with E-state index in [2.05, 4.69) is 10.1 Å². The Morgan fingerprint density at radius 1 is 1.19 bits per heavy atom. The van der Waals surface area contributed by atoms with E-state index >= 15 is 0 Å². The van der Waals surface area contributed by atoms with Crippen molar-refractivity contribution in [2.45, 2.75) is 13.8 Å². The van der Waals surface area contributed by atoms with Crippen molar-refractivity contribution in [2.75, 3.05) is 13.7 Å².